The normalized spacial score (nSPS) is 18.2. The Morgan fingerprint density at radius 3 is 2.73 bits per heavy atom. The molecule has 2 heterocycles. The summed E-state index contributed by atoms with van der Waals surface area (Å²) in [6.45, 7) is 2.62. The Morgan fingerprint density at radius 2 is 1.92 bits per heavy atom. The summed E-state index contributed by atoms with van der Waals surface area (Å²) in [5, 5.41) is 10.4. The first-order chi connectivity index (χ1) is 17.9. The summed E-state index contributed by atoms with van der Waals surface area (Å²) in [5.41, 5.74) is 2.63. The number of likely N-dealkylation sites (tertiary alicyclic amines) is 1. The van der Waals surface area contributed by atoms with Gasteiger partial charge < -0.3 is 14.7 Å². The summed E-state index contributed by atoms with van der Waals surface area (Å²) in [5.74, 6) is -0.673. The minimum atomic E-state index is -0.800. The minimum absolute atomic E-state index is 0.179. The first kappa shape index (κ1) is 27.0. The van der Waals surface area contributed by atoms with Crippen LogP contribution in [0.3, 0.4) is 0 Å². The lowest BCUT2D eigenvalue weighted by atomic mass is 9.79. The molecular formula is C30H36F2N2O3. The van der Waals surface area contributed by atoms with Gasteiger partial charge in [-0.2, -0.15) is 0 Å². The highest BCUT2D eigenvalue weighted by Crippen LogP contribution is 2.32. The van der Waals surface area contributed by atoms with E-state index in [1.54, 1.807) is 19.2 Å². The molecule has 0 amide bonds. The van der Waals surface area contributed by atoms with Gasteiger partial charge in [0, 0.05) is 24.5 Å². The van der Waals surface area contributed by atoms with Crippen molar-refractivity contribution in [3.8, 4) is 5.75 Å². The third-order valence-electron chi connectivity index (χ3n) is 7.72. The zero-order valence-electron chi connectivity index (χ0n) is 21.5. The smallest absolute Gasteiger partial charge is 0.303 e. The molecule has 1 aliphatic heterocycles. The van der Waals surface area contributed by atoms with Crippen molar-refractivity contribution < 1.29 is 23.4 Å². The zero-order valence-corrected chi connectivity index (χ0v) is 21.5. The number of carboxylic acid groups (broad SMARTS) is 1. The minimum Gasteiger partial charge on any atom is -0.497 e. The van der Waals surface area contributed by atoms with E-state index in [4.69, 9.17) is 4.74 Å². The lowest BCUT2D eigenvalue weighted by Gasteiger charge is -2.39. The quantitative estimate of drug-likeness (QED) is 0.311. The van der Waals surface area contributed by atoms with Crippen LogP contribution >= 0.6 is 0 Å². The van der Waals surface area contributed by atoms with E-state index in [1.807, 2.05) is 24.4 Å². The molecule has 2 atom stereocenters. The standard InChI is InChI=1S/C30H36F2N2O3/c1-37-25-11-12-28-26(19-25)22(14-16-33-28)6-2-5-21-15-18-34(20-24(21)10-13-29(35)36)17-4-8-23-7-3-9-27(31)30(23)32/h3,7,9,11-12,14,16,19,21,24H,2,4-6,8,10,13,15,17-18,20H2,1H3,(H,35,36). The molecule has 2 aromatic carbocycles. The number of aryl methyl sites for hydroxylation is 2. The number of hydrogen-bond donors (Lipinski definition) is 1. The molecule has 1 fully saturated rings. The number of carbonyl (C=O) groups is 1. The Bertz CT molecular complexity index is 1200. The van der Waals surface area contributed by atoms with Crippen molar-refractivity contribution in [1.29, 1.82) is 0 Å². The molecule has 5 nitrogen and oxygen atoms in total. The fraction of sp³-hybridized carbons (Fsp3) is 0.467. The van der Waals surface area contributed by atoms with Crippen LogP contribution in [0.15, 0.2) is 48.7 Å². The van der Waals surface area contributed by atoms with Gasteiger partial charge >= 0.3 is 5.97 Å². The molecule has 0 radical (unpaired) electrons. The van der Waals surface area contributed by atoms with Crippen LogP contribution in [-0.4, -0.2) is 47.7 Å². The van der Waals surface area contributed by atoms with E-state index in [0.717, 1.165) is 74.5 Å². The van der Waals surface area contributed by atoms with E-state index in [-0.39, 0.29) is 6.42 Å². The topological polar surface area (TPSA) is 62.7 Å². The van der Waals surface area contributed by atoms with E-state index in [9.17, 15) is 18.7 Å². The van der Waals surface area contributed by atoms with Gasteiger partial charge in [0.25, 0.3) is 0 Å². The van der Waals surface area contributed by atoms with Gasteiger partial charge in [-0.1, -0.05) is 12.1 Å². The number of nitrogens with zero attached hydrogens (tertiary/aromatic N) is 2. The zero-order chi connectivity index (χ0) is 26.2. The van der Waals surface area contributed by atoms with Gasteiger partial charge in [0.1, 0.15) is 5.75 Å². The maximum absolute atomic E-state index is 14.0. The molecule has 0 saturated carbocycles. The molecule has 1 N–H and O–H groups in total. The summed E-state index contributed by atoms with van der Waals surface area (Å²) < 4.78 is 32.8. The molecule has 1 saturated heterocycles. The van der Waals surface area contributed by atoms with Crippen LogP contribution in [0.1, 0.15) is 49.7 Å². The highest BCUT2D eigenvalue weighted by atomic mass is 19.2. The number of halogens is 2. The van der Waals surface area contributed by atoms with Crippen molar-refractivity contribution in [2.24, 2.45) is 11.8 Å². The third-order valence-corrected chi connectivity index (χ3v) is 7.72. The van der Waals surface area contributed by atoms with Gasteiger partial charge in [-0.05, 0) is 111 Å². The summed E-state index contributed by atoms with van der Waals surface area (Å²) in [6.07, 6.45) is 8.00. The number of rotatable bonds is 12. The number of fused-ring (bicyclic) bond motifs is 1. The maximum atomic E-state index is 14.0. The average molecular weight is 511 g/mol. The Labute approximate surface area is 217 Å². The lowest BCUT2D eigenvalue weighted by Crippen LogP contribution is -2.41. The molecular weight excluding hydrogens is 474 g/mol. The van der Waals surface area contributed by atoms with E-state index in [0.29, 0.717) is 30.2 Å². The number of carboxylic acids is 1. The summed E-state index contributed by atoms with van der Waals surface area (Å²) in [4.78, 5) is 18.1. The SMILES string of the molecule is COc1ccc2nccc(CCCC3CCN(CCCc4cccc(F)c4F)CC3CCC(=O)O)c2c1. The molecule has 1 aromatic heterocycles. The van der Waals surface area contributed by atoms with E-state index in [1.165, 1.54) is 5.56 Å². The van der Waals surface area contributed by atoms with Gasteiger partial charge in [-0.3, -0.25) is 9.78 Å². The van der Waals surface area contributed by atoms with Crippen molar-refractivity contribution in [1.82, 2.24) is 9.88 Å². The molecule has 0 aliphatic carbocycles. The molecule has 0 spiro atoms. The fourth-order valence-electron chi connectivity index (χ4n) is 5.69. The van der Waals surface area contributed by atoms with Crippen LogP contribution < -0.4 is 4.74 Å². The Morgan fingerprint density at radius 1 is 1.08 bits per heavy atom. The number of benzene rings is 2. The number of hydrogen-bond acceptors (Lipinski definition) is 4. The predicted octanol–water partition coefficient (Wildman–Crippen LogP) is 6.28. The number of aliphatic carboxylic acids is 1. The summed E-state index contributed by atoms with van der Waals surface area (Å²) in [7, 11) is 1.67. The second kappa shape index (κ2) is 13.0. The van der Waals surface area contributed by atoms with E-state index < -0.39 is 17.6 Å². The second-order valence-corrected chi connectivity index (χ2v) is 10.1. The van der Waals surface area contributed by atoms with Crippen molar-refractivity contribution in [3.63, 3.8) is 0 Å². The van der Waals surface area contributed by atoms with Crippen LogP contribution in [0.4, 0.5) is 8.78 Å². The lowest BCUT2D eigenvalue weighted by molar-refractivity contribution is -0.137. The molecule has 1 aliphatic rings. The molecule has 7 heteroatoms. The fourth-order valence-corrected chi connectivity index (χ4v) is 5.69. The monoisotopic (exact) mass is 510 g/mol. The maximum Gasteiger partial charge on any atom is 0.303 e. The van der Waals surface area contributed by atoms with E-state index in [2.05, 4.69) is 16.0 Å². The summed E-state index contributed by atoms with van der Waals surface area (Å²) >= 11 is 0. The average Bonchev–Trinajstić information content (AvgIpc) is 2.90. The molecule has 2 unspecified atom stereocenters. The van der Waals surface area contributed by atoms with Crippen LogP contribution in [0.5, 0.6) is 5.75 Å². The van der Waals surface area contributed by atoms with Crippen molar-refractivity contribution in [2.75, 3.05) is 26.7 Å². The molecule has 37 heavy (non-hydrogen) atoms. The molecule has 3 aromatic rings. The third kappa shape index (κ3) is 7.25. The Kier molecular flexibility index (Phi) is 9.45. The number of ether oxygens (including phenoxy) is 1. The number of pyridine rings is 1. The molecule has 4 rings (SSSR count). The molecule has 198 valence electrons. The highest BCUT2D eigenvalue weighted by Gasteiger charge is 2.29. The van der Waals surface area contributed by atoms with E-state index >= 15 is 0 Å². The van der Waals surface area contributed by atoms with Crippen LogP contribution in [-0.2, 0) is 17.6 Å². The van der Waals surface area contributed by atoms with Crippen molar-refractivity contribution in [3.05, 3.63) is 71.4 Å². The Balaban J connectivity index is 1.32. The second-order valence-electron chi connectivity index (χ2n) is 10.1. The Hall–Kier alpha value is -3.06. The van der Waals surface area contributed by atoms with Crippen molar-refractivity contribution >= 4 is 16.9 Å². The number of aromatic nitrogens is 1. The van der Waals surface area contributed by atoms with Gasteiger partial charge in [0.2, 0.25) is 0 Å². The van der Waals surface area contributed by atoms with Gasteiger partial charge in [-0.25, -0.2) is 8.78 Å². The summed E-state index contributed by atoms with van der Waals surface area (Å²) in [6, 6.07) is 12.4. The van der Waals surface area contributed by atoms with Crippen LogP contribution in [0, 0.1) is 23.5 Å². The largest absolute Gasteiger partial charge is 0.497 e. The first-order valence-electron chi connectivity index (χ1n) is 13.2. The van der Waals surface area contributed by atoms with Crippen LogP contribution in [0.2, 0.25) is 0 Å². The number of piperidine rings is 1. The predicted molar refractivity (Wildman–Crippen MR) is 141 cm³/mol. The van der Waals surface area contributed by atoms with Gasteiger partial charge in [0.15, 0.2) is 11.6 Å². The van der Waals surface area contributed by atoms with Crippen molar-refractivity contribution in [2.45, 2.75) is 51.4 Å². The number of methoxy groups -OCH3 is 1. The highest BCUT2D eigenvalue weighted by molar-refractivity contribution is 5.83. The first-order valence-corrected chi connectivity index (χ1v) is 13.2. The van der Waals surface area contributed by atoms with Gasteiger partial charge in [-0.15, -0.1) is 0 Å². The van der Waals surface area contributed by atoms with Crippen LogP contribution in [0.25, 0.3) is 10.9 Å². The van der Waals surface area contributed by atoms with Gasteiger partial charge in [0.05, 0.1) is 12.6 Å². The molecule has 0 bridgehead atoms.